The fraction of sp³-hybridized carbons (Fsp3) is 0.113. The Hall–Kier alpha value is -7.95. The van der Waals surface area contributed by atoms with Crippen LogP contribution in [0.2, 0.25) is 0 Å². The van der Waals surface area contributed by atoms with E-state index >= 15 is 0 Å². The Morgan fingerprint density at radius 2 is 0.773 bits per heavy atom. The Morgan fingerprint density at radius 1 is 0.348 bits per heavy atom. The minimum absolute atomic E-state index is 0.0408. The van der Waals surface area contributed by atoms with Crippen LogP contribution in [0.25, 0.3) is 55.8 Å². The van der Waals surface area contributed by atoms with Crippen LogP contribution in [0.3, 0.4) is 0 Å². The molecule has 0 fully saturated rings. The molecule has 0 aliphatic heterocycles. The Labute approximate surface area is 389 Å². The lowest BCUT2D eigenvalue weighted by molar-refractivity contribution is 0.919. The second kappa shape index (κ2) is 17.9. The third kappa shape index (κ3) is 8.30. The molecule has 0 bridgehead atoms. The molecule has 0 atom stereocenters. The molecule has 1 heterocycles. The average Bonchev–Trinajstić information content (AvgIpc) is 3.34. The summed E-state index contributed by atoms with van der Waals surface area (Å²) >= 11 is 0. The monoisotopic (exact) mass is 852 g/mol. The first-order valence-electron chi connectivity index (χ1n) is 22.8. The SMILES string of the molecule is Cc1cc(C)c(C(c2ccc(N(c3ccc(-c4ccccc4-c4ccccc4)cc3)c3nc(-c4ccccc4)nc(-c4ccc5ccccc5c4)n3)cc2)c2c(C)cc(C)cc2C)c(C)c1. The molecule has 0 amide bonds. The van der Waals surface area contributed by atoms with Gasteiger partial charge in [-0.3, -0.25) is 4.90 Å². The Morgan fingerprint density at radius 3 is 1.32 bits per heavy atom. The predicted molar refractivity (Wildman–Crippen MR) is 276 cm³/mol. The van der Waals surface area contributed by atoms with Gasteiger partial charge in [0.25, 0.3) is 0 Å². The van der Waals surface area contributed by atoms with E-state index in [1.807, 2.05) is 18.2 Å². The maximum atomic E-state index is 5.34. The van der Waals surface area contributed by atoms with E-state index < -0.39 is 0 Å². The van der Waals surface area contributed by atoms with Crippen LogP contribution in [0.4, 0.5) is 17.3 Å². The Kier molecular flexibility index (Phi) is 11.4. The zero-order valence-corrected chi connectivity index (χ0v) is 38.4. The number of hydrogen-bond acceptors (Lipinski definition) is 4. The lowest BCUT2D eigenvalue weighted by Gasteiger charge is -2.28. The average molecular weight is 853 g/mol. The molecule has 4 heteroatoms. The summed E-state index contributed by atoms with van der Waals surface area (Å²) in [5.74, 6) is 1.79. The molecule has 10 rings (SSSR count). The van der Waals surface area contributed by atoms with Crippen LogP contribution < -0.4 is 4.90 Å². The summed E-state index contributed by atoms with van der Waals surface area (Å²) < 4.78 is 0. The van der Waals surface area contributed by atoms with E-state index in [4.69, 9.17) is 15.0 Å². The number of rotatable bonds is 10. The van der Waals surface area contributed by atoms with E-state index in [0.717, 1.165) is 33.5 Å². The van der Waals surface area contributed by atoms with Gasteiger partial charge in [0.05, 0.1) is 0 Å². The summed E-state index contributed by atoms with van der Waals surface area (Å²) in [5.41, 5.74) is 20.1. The standard InChI is InChI=1S/C62H52N4/c1-40-35-42(3)57(43(4)36-40)59(58-44(5)37-41(2)38-45(58)6)49-29-33-54(34-30-49)66(53-31-27-48(28-32-53)56-24-16-15-23-55(56)47-18-9-7-10-19-47)62-64-60(50-20-11-8-12-21-50)63-61(65-62)52-26-25-46-17-13-14-22-51(46)39-52/h7-39,59H,1-6H3. The highest BCUT2D eigenvalue weighted by Crippen LogP contribution is 2.43. The fourth-order valence-corrected chi connectivity index (χ4v) is 10.00. The van der Waals surface area contributed by atoms with Crippen molar-refractivity contribution in [2.45, 2.75) is 47.5 Å². The zero-order valence-electron chi connectivity index (χ0n) is 38.4. The molecule has 0 saturated heterocycles. The van der Waals surface area contributed by atoms with E-state index in [1.165, 1.54) is 72.1 Å². The van der Waals surface area contributed by atoms with Crippen LogP contribution >= 0.6 is 0 Å². The summed E-state index contributed by atoms with van der Waals surface area (Å²) in [6, 6.07) is 71.4. The molecule has 4 nitrogen and oxygen atoms in total. The van der Waals surface area contributed by atoms with Crippen molar-refractivity contribution in [1.29, 1.82) is 0 Å². The third-order valence-electron chi connectivity index (χ3n) is 12.8. The quantitative estimate of drug-likeness (QED) is 0.129. The highest BCUT2D eigenvalue weighted by atomic mass is 15.3. The summed E-state index contributed by atoms with van der Waals surface area (Å²) in [6.07, 6.45) is 0. The van der Waals surface area contributed by atoms with Crippen LogP contribution in [0.1, 0.15) is 56.0 Å². The highest BCUT2D eigenvalue weighted by molar-refractivity contribution is 5.88. The van der Waals surface area contributed by atoms with Crippen molar-refractivity contribution in [2.75, 3.05) is 4.90 Å². The molecule has 1 aromatic heterocycles. The van der Waals surface area contributed by atoms with Gasteiger partial charge in [0.2, 0.25) is 5.95 Å². The maximum absolute atomic E-state index is 5.34. The number of hydrogen-bond donors (Lipinski definition) is 0. The minimum atomic E-state index is 0.0408. The van der Waals surface area contributed by atoms with Crippen molar-refractivity contribution >= 4 is 28.1 Å². The molecule has 0 saturated carbocycles. The molecule has 0 aliphatic carbocycles. The molecule has 320 valence electrons. The normalized spacial score (nSPS) is 11.3. The van der Waals surface area contributed by atoms with Crippen LogP contribution in [-0.2, 0) is 0 Å². The Balaban J connectivity index is 1.16. The first-order chi connectivity index (χ1) is 32.2. The van der Waals surface area contributed by atoms with Gasteiger partial charge in [-0.25, -0.2) is 4.98 Å². The number of anilines is 3. The molecule has 66 heavy (non-hydrogen) atoms. The number of nitrogens with zero attached hydrogens (tertiary/aromatic N) is 4. The first-order valence-corrected chi connectivity index (χ1v) is 22.8. The van der Waals surface area contributed by atoms with Gasteiger partial charge in [-0.1, -0.05) is 181 Å². The smallest absolute Gasteiger partial charge is 0.238 e. The topological polar surface area (TPSA) is 41.9 Å². The largest absolute Gasteiger partial charge is 0.279 e. The number of benzene rings is 9. The van der Waals surface area contributed by atoms with Crippen LogP contribution in [0, 0.1) is 41.5 Å². The lowest BCUT2D eigenvalue weighted by atomic mass is 9.77. The highest BCUT2D eigenvalue weighted by Gasteiger charge is 2.26. The van der Waals surface area contributed by atoms with E-state index in [1.54, 1.807) is 0 Å². The number of aromatic nitrogens is 3. The van der Waals surface area contributed by atoms with Gasteiger partial charge in [-0.15, -0.1) is 0 Å². The summed E-state index contributed by atoms with van der Waals surface area (Å²) in [6.45, 7) is 13.4. The van der Waals surface area contributed by atoms with Crippen LogP contribution in [0.5, 0.6) is 0 Å². The van der Waals surface area contributed by atoms with Crippen LogP contribution in [-0.4, -0.2) is 15.0 Å². The summed E-state index contributed by atoms with van der Waals surface area (Å²) in [4.78, 5) is 18.0. The molecular formula is C62H52N4. The van der Waals surface area contributed by atoms with Crippen molar-refractivity contribution in [1.82, 2.24) is 15.0 Å². The second-order valence-corrected chi connectivity index (χ2v) is 17.7. The van der Waals surface area contributed by atoms with Gasteiger partial charge in [-0.05, 0) is 144 Å². The van der Waals surface area contributed by atoms with E-state index in [-0.39, 0.29) is 5.92 Å². The number of fused-ring (bicyclic) bond motifs is 1. The van der Waals surface area contributed by atoms with E-state index in [9.17, 15) is 0 Å². The molecule has 10 aromatic rings. The minimum Gasteiger partial charge on any atom is -0.279 e. The summed E-state index contributed by atoms with van der Waals surface area (Å²) in [5, 5.41) is 2.30. The van der Waals surface area contributed by atoms with Gasteiger partial charge < -0.3 is 0 Å². The van der Waals surface area contributed by atoms with Crippen molar-refractivity contribution in [2.24, 2.45) is 0 Å². The van der Waals surface area contributed by atoms with Gasteiger partial charge in [0.15, 0.2) is 11.6 Å². The molecule has 0 N–H and O–H groups in total. The van der Waals surface area contributed by atoms with Crippen molar-refractivity contribution in [3.63, 3.8) is 0 Å². The molecule has 0 unspecified atom stereocenters. The maximum Gasteiger partial charge on any atom is 0.238 e. The molecular weight excluding hydrogens is 801 g/mol. The summed E-state index contributed by atoms with van der Waals surface area (Å²) in [7, 11) is 0. The van der Waals surface area contributed by atoms with Gasteiger partial charge in [0.1, 0.15) is 0 Å². The number of aryl methyl sites for hydroxylation is 6. The lowest BCUT2D eigenvalue weighted by Crippen LogP contribution is -2.16. The Bertz CT molecular complexity index is 3250. The molecule has 0 radical (unpaired) electrons. The molecule has 0 spiro atoms. The van der Waals surface area contributed by atoms with Crippen molar-refractivity contribution < 1.29 is 0 Å². The molecule has 0 aliphatic rings. The second-order valence-electron chi connectivity index (χ2n) is 17.7. The van der Waals surface area contributed by atoms with Gasteiger partial charge >= 0.3 is 0 Å². The first kappa shape index (κ1) is 42.0. The fourth-order valence-electron chi connectivity index (χ4n) is 10.00. The predicted octanol–water partition coefficient (Wildman–Crippen LogP) is 16.2. The van der Waals surface area contributed by atoms with Gasteiger partial charge in [-0.2, -0.15) is 9.97 Å². The van der Waals surface area contributed by atoms with E-state index in [0.29, 0.717) is 17.6 Å². The van der Waals surface area contributed by atoms with Crippen molar-refractivity contribution in [3.8, 4) is 45.0 Å². The van der Waals surface area contributed by atoms with Crippen LogP contribution in [0.15, 0.2) is 200 Å². The third-order valence-corrected chi connectivity index (χ3v) is 12.8. The van der Waals surface area contributed by atoms with Gasteiger partial charge in [0, 0.05) is 28.4 Å². The van der Waals surface area contributed by atoms with Crippen molar-refractivity contribution in [3.05, 3.63) is 250 Å². The van der Waals surface area contributed by atoms with E-state index in [2.05, 4.69) is 228 Å². The zero-order chi connectivity index (χ0) is 45.3. The molecule has 9 aromatic carbocycles.